The monoisotopic (exact) mass is 1130 g/mol. The van der Waals surface area contributed by atoms with Crippen LogP contribution in [0, 0.1) is 18.1 Å². The van der Waals surface area contributed by atoms with Crippen LogP contribution in [0.2, 0.25) is 19.6 Å². The van der Waals surface area contributed by atoms with Gasteiger partial charge in [0.15, 0.2) is 0 Å². The molecule has 0 saturated carbocycles. The molecule has 6 aromatic carbocycles. The third kappa shape index (κ3) is 8.77. The topological polar surface area (TPSA) is 69.9 Å². The second kappa shape index (κ2) is 18.7. The van der Waals surface area contributed by atoms with Crippen LogP contribution in [0.25, 0.3) is 94.1 Å². The maximum absolute atomic E-state index is 13.5. The molecule has 0 bridgehead atoms. The molecule has 0 atom stereocenters. The van der Waals surface area contributed by atoms with Gasteiger partial charge in [-0.05, 0) is 75.8 Å². The Bertz CT molecular complexity index is 3720. The van der Waals surface area contributed by atoms with Crippen molar-refractivity contribution in [1.29, 1.82) is 0 Å². The number of alkyl halides is 3. The van der Waals surface area contributed by atoms with Crippen LogP contribution in [0.4, 0.5) is 13.2 Å². The zero-order valence-corrected chi connectivity index (χ0v) is 44.0. The Hall–Kier alpha value is -6.39. The first-order valence-corrected chi connectivity index (χ1v) is 27.1. The van der Waals surface area contributed by atoms with Crippen LogP contribution < -0.4 is 5.19 Å². The zero-order valence-electron chi connectivity index (χ0n) is 40.6. The van der Waals surface area contributed by atoms with Crippen LogP contribution in [0.3, 0.4) is 0 Å². The molecule has 0 unspecified atom stereocenters. The number of furan rings is 2. The van der Waals surface area contributed by atoms with Crippen LogP contribution in [0.1, 0.15) is 75.8 Å². The summed E-state index contributed by atoms with van der Waals surface area (Å²) in [4.78, 5) is 13.8. The molecule has 0 aliphatic rings. The molecule has 0 saturated heterocycles. The van der Waals surface area contributed by atoms with E-state index in [2.05, 4.69) is 150 Å². The summed E-state index contributed by atoms with van der Waals surface area (Å²) in [6.45, 7) is 20.4. The molecule has 0 spiro atoms. The molecule has 357 valence electrons. The summed E-state index contributed by atoms with van der Waals surface area (Å²) in [5, 5.41) is 7.02. The molecule has 5 heterocycles. The Morgan fingerprint density at radius 2 is 1.30 bits per heavy atom. The van der Waals surface area contributed by atoms with Crippen molar-refractivity contribution >= 4 is 79.1 Å². The fraction of sp³-hybridized carbons (Fsp3) is 0.237. The zero-order chi connectivity index (χ0) is 48.5. The number of hydrogen-bond acceptors (Lipinski definition) is 5. The summed E-state index contributed by atoms with van der Waals surface area (Å²) >= 11 is 0. The Morgan fingerprint density at radius 1 is 0.657 bits per heavy atom. The van der Waals surface area contributed by atoms with E-state index < -0.39 is 19.9 Å². The molecule has 0 fully saturated rings. The number of halogens is 3. The van der Waals surface area contributed by atoms with Gasteiger partial charge in [0.05, 0.1) is 36.1 Å². The minimum absolute atomic E-state index is 0. The first-order valence-electron chi connectivity index (χ1n) is 23.6. The number of pyridine rings is 2. The Morgan fingerprint density at radius 3 is 1.97 bits per heavy atom. The number of aromatic nitrogens is 4. The van der Waals surface area contributed by atoms with Crippen molar-refractivity contribution in [3.8, 4) is 28.3 Å². The fourth-order valence-electron chi connectivity index (χ4n) is 9.74. The average molecular weight is 1130 g/mol. The molecule has 5 aromatic heterocycles. The first kappa shape index (κ1) is 48.6. The quantitative estimate of drug-likeness (QED) is 0.112. The van der Waals surface area contributed by atoms with Crippen molar-refractivity contribution in [1.82, 2.24) is 19.5 Å². The summed E-state index contributed by atoms with van der Waals surface area (Å²) < 4.78 is 55.0. The summed E-state index contributed by atoms with van der Waals surface area (Å²) in [6, 6.07) is 45.9. The van der Waals surface area contributed by atoms with E-state index >= 15 is 0 Å². The van der Waals surface area contributed by atoms with E-state index in [1.54, 1.807) is 12.1 Å². The number of para-hydroxylation sites is 2. The number of benzene rings is 6. The molecule has 11 aromatic rings. The van der Waals surface area contributed by atoms with Crippen molar-refractivity contribution in [3.05, 3.63) is 162 Å². The van der Waals surface area contributed by atoms with Crippen molar-refractivity contribution in [2.45, 2.75) is 85.6 Å². The summed E-state index contributed by atoms with van der Waals surface area (Å²) in [5.74, 6) is 1.66. The predicted octanol–water partition coefficient (Wildman–Crippen LogP) is 16.4. The van der Waals surface area contributed by atoms with Crippen LogP contribution in [0.5, 0.6) is 0 Å². The number of fused-ring (bicyclic) bond motifs is 9. The molecular formula is C59H53F3IrN4O2Si-2. The second-order valence-corrected chi connectivity index (χ2v) is 25.1. The average Bonchev–Trinajstić information content (AvgIpc) is 4.02. The van der Waals surface area contributed by atoms with Gasteiger partial charge in [-0.1, -0.05) is 161 Å². The molecule has 0 aliphatic carbocycles. The van der Waals surface area contributed by atoms with Crippen molar-refractivity contribution in [2.24, 2.45) is 5.92 Å². The molecule has 11 heteroatoms. The molecular weight excluding hydrogens is 1070 g/mol. The van der Waals surface area contributed by atoms with Gasteiger partial charge in [0.25, 0.3) is 0 Å². The van der Waals surface area contributed by atoms with Crippen LogP contribution in [-0.4, -0.2) is 27.6 Å². The van der Waals surface area contributed by atoms with E-state index in [-0.39, 0.29) is 37.7 Å². The van der Waals surface area contributed by atoms with Crippen molar-refractivity contribution < 1.29 is 42.1 Å². The molecule has 11 rings (SSSR count). The first-order chi connectivity index (χ1) is 33.0. The van der Waals surface area contributed by atoms with Gasteiger partial charge in [-0.25, -0.2) is 4.98 Å². The molecule has 0 aliphatic heterocycles. The molecule has 0 N–H and O–H groups in total. The predicted molar refractivity (Wildman–Crippen MR) is 278 cm³/mol. The molecule has 6 nitrogen and oxygen atoms in total. The summed E-state index contributed by atoms with van der Waals surface area (Å²) in [5.41, 5.74) is 10.2. The third-order valence-electron chi connectivity index (χ3n) is 12.9. The Kier molecular flexibility index (Phi) is 13.0. The van der Waals surface area contributed by atoms with E-state index in [9.17, 15) is 13.2 Å². The second-order valence-electron chi connectivity index (χ2n) is 20.0. The number of rotatable bonds is 8. The molecule has 70 heavy (non-hydrogen) atoms. The maximum atomic E-state index is 13.5. The standard InChI is InChI=1S/C35H27F3N3O.C24H26NOSi.Ir/c1-19(2)22-11-7-12-23(20(3)4)30(22)41-31-24-10-6-5-9-21(24)15-17-28(31)39-33(41)27-14-8-13-25-26-16-18-29(35(36,37)38)40-34(26)42-32(25)27;1-16(2)13-17-14-21(25-15-23(17)27(3,4)5)20-11-8-10-19-18-9-6-7-12-22(18)26-24(19)20;/h5-13,15-20H,1-4H3;6-10,12,14-16H,13H2,1-5H3;/q2*-1;. The van der Waals surface area contributed by atoms with Gasteiger partial charge in [-0.3, -0.25) is 4.98 Å². The van der Waals surface area contributed by atoms with Crippen molar-refractivity contribution in [3.63, 3.8) is 0 Å². The van der Waals surface area contributed by atoms with E-state index in [0.29, 0.717) is 33.7 Å². The molecule has 1 radical (unpaired) electrons. The Labute approximate surface area is 420 Å². The van der Waals surface area contributed by atoms with Gasteiger partial charge < -0.3 is 18.4 Å². The van der Waals surface area contributed by atoms with E-state index in [4.69, 9.17) is 18.8 Å². The van der Waals surface area contributed by atoms with Gasteiger partial charge >= 0.3 is 6.18 Å². The minimum atomic E-state index is -4.58. The van der Waals surface area contributed by atoms with Crippen LogP contribution in [0.15, 0.2) is 136 Å². The molecule has 0 amide bonds. The fourth-order valence-corrected chi connectivity index (χ4v) is 11.3. The van der Waals surface area contributed by atoms with E-state index in [1.165, 1.54) is 27.9 Å². The maximum Gasteiger partial charge on any atom is 0.433 e. The smallest absolute Gasteiger partial charge is 0.433 e. The van der Waals surface area contributed by atoms with Gasteiger partial charge in [0.2, 0.25) is 5.71 Å². The SMILES string of the molecule is CC(C)Cc1cc(-c2[c-]ccc3c2oc2ccccc23)ncc1[Si](C)(C)C.CC(C)c1cccc(C(C)C)c1-n1c(-c2[c-]ccc3c2oc2nc(C(F)(F)F)ccc23)nc2ccc3ccccc3c21.[Ir]. The number of nitrogens with zero attached hydrogens (tertiary/aromatic N) is 4. The van der Waals surface area contributed by atoms with Gasteiger partial charge in [-0.15, -0.1) is 36.4 Å². The largest absolute Gasteiger partial charge is 0.501 e. The van der Waals surface area contributed by atoms with Crippen LogP contribution in [-0.2, 0) is 32.7 Å². The van der Waals surface area contributed by atoms with Gasteiger partial charge in [-0.2, -0.15) is 13.2 Å². The third-order valence-corrected chi connectivity index (χ3v) is 15.0. The van der Waals surface area contributed by atoms with Gasteiger partial charge in [0, 0.05) is 48.1 Å². The summed E-state index contributed by atoms with van der Waals surface area (Å²) in [7, 11) is -1.44. The number of hydrogen-bond donors (Lipinski definition) is 0. The normalized spacial score (nSPS) is 12.3. The van der Waals surface area contributed by atoms with Crippen LogP contribution >= 0.6 is 0 Å². The van der Waals surface area contributed by atoms with Crippen molar-refractivity contribution in [2.75, 3.05) is 0 Å². The Balaban J connectivity index is 0.000000188. The van der Waals surface area contributed by atoms with Gasteiger partial charge in [0.1, 0.15) is 11.3 Å². The van der Waals surface area contributed by atoms with E-state index in [0.717, 1.165) is 73.2 Å². The van der Waals surface area contributed by atoms with E-state index in [1.807, 2.05) is 36.4 Å². The summed E-state index contributed by atoms with van der Waals surface area (Å²) in [6.07, 6.45) is -1.40. The minimum Gasteiger partial charge on any atom is -0.501 e. The number of imidazole rings is 1.